The number of pyridine rings is 1. The van der Waals surface area contributed by atoms with Gasteiger partial charge in [0.05, 0.1) is 12.5 Å². The molecule has 2 rings (SSSR count). The van der Waals surface area contributed by atoms with Crippen LogP contribution in [0.25, 0.3) is 0 Å². The summed E-state index contributed by atoms with van der Waals surface area (Å²) in [7, 11) is 0. The summed E-state index contributed by atoms with van der Waals surface area (Å²) >= 11 is 0. The van der Waals surface area contributed by atoms with Crippen LogP contribution in [-0.4, -0.2) is 24.1 Å². The molecular formula is C12H16N2O2. The molecule has 4 heteroatoms. The molecule has 1 unspecified atom stereocenters. The van der Waals surface area contributed by atoms with Gasteiger partial charge in [-0.15, -0.1) is 0 Å². The third-order valence-corrected chi connectivity index (χ3v) is 2.72. The Kier molecular flexibility index (Phi) is 3.88. The predicted octanol–water partition coefficient (Wildman–Crippen LogP) is 1.12. The first-order valence-corrected chi connectivity index (χ1v) is 5.60. The van der Waals surface area contributed by atoms with Crippen LogP contribution in [0, 0.1) is 5.92 Å². The van der Waals surface area contributed by atoms with Crippen LogP contribution in [0.2, 0.25) is 0 Å². The fourth-order valence-electron chi connectivity index (χ4n) is 1.78. The number of nitrogens with one attached hydrogen (secondary N) is 1. The summed E-state index contributed by atoms with van der Waals surface area (Å²) in [5.74, 6) is 0.106. The Morgan fingerprint density at radius 1 is 1.62 bits per heavy atom. The maximum atomic E-state index is 11.8. The van der Waals surface area contributed by atoms with Gasteiger partial charge in [0.2, 0.25) is 5.91 Å². The van der Waals surface area contributed by atoms with E-state index in [0.29, 0.717) is 13.2 Å². The predicted molar refractivity (Wildman–Crippen MR) is 59.6 cm³/mol. The number of rotatable bonds is 3. The minimum atomic E-state index is 0.0189. The zero-order chi connectivity index (χ0) is 11.2. The molecule has 0 aromatic carbocycles. The minimum absolute atomic E-state index is 0.0189. The van der Waals surface area contributed by atoms with E-state index in [1.165, 1.54) is 0 Å². The minimum Gasteiger partial charge on any atom is -0.381 e. The zero-order valence-electron chi connectivity index (χ0n) is 9.19. The van der Waals surface area contributed by atoms with Crippen LogP contribution in [0.4, 0.5) is 0 Å². The maximum absolute atomic E-state index is 11.8. The number of hydrogen-bond acceptors (Lipinski definition) is 3. The van der Waals surface area contributed by atoms with Gasteiger partial charge >= 0.3 is 0 Å². The molecular weight excluding hydrogens is 204 g/mol. The van der Waals surface area contributed by atoms with Gasteiger partial charge in [0.25, 0.3) is 0 Å². The number of nitrogens with zero attached hydrogens (tertiary/aromatic N) is 1. The fourth-order valence-corrected chi connectivity index (χ4v) is 1.78. The summed E-state index contributed by atoms with van der Waals surface area (Å²) in [6, 6.07) is 3.82. The van der Waals surface area contributed by atoms with Crippen molar-refractivity contribution in [1.29, 1.82) is 0 Å². The topological polar surface area (TPSA) is 51.2 Å². The van der Waals surface area contributed by atoms with Gasteiger partial charge in [0.15, 0.2) is 0 Å². The van der Waals surface area contributed by atoms with E-state index in [1.54, 1.807) is 12.4 Å². The van der Waals surface area contributed by atoms with Gasteiger partial charge in [-0.3, -0.25) is 9.78 Å². The lowest BCUT2D eigenvalue weighted by molar-refractivity contribution is -0.129. The third-order valence-electron chi connectivity index (χ3n) is 2.72. The van der Waals surface area contributed by atoms with Crippen molar-refractivity contribution in [2.75, 3.05) is 13.2 Å². The number of aromatic nitrogens is 1. The van der Waals surface area contributed by atoms with Crippen molar-refractivity contribution < 1.29 is 9.53 Å². The first-order chi connectivity index (χ1) is 7.86. The molecule has 1 aromatic rings. The number of amides is 1. The van der Waals surface area contributed by atoms with E-state index in [2.05, 4.69) is 10.3 Å². The Morgan fingerprint density at radius 3 is 3.25 bits per heavy atom. The van der Waals surface area contributed by atoms with Crippen LogP contribution >= 0.6 is 0 Å². The molecule has 86 valence electrons. The molecule has 1 fully saturated rings. The Hall–Kier alpha value is -1.42. The van der Waals surface area contributed by atoms with Gasteiger partial charge in [-0.2, -0.15) is 0 Å². The Labute approximate surface area is 95.0 Å². The molecule has 1 N–H and O–H groups in total. The molecule has 0 saturated carbocycles. The lowest BCUT2D eigenvalue weighted by Crippen LogP contribution is -2.35. The Balaban J connectivity index is 1.79. The van der Waals surface area contributed by atoms with E-state index < -0.39 is 0 Å². The number of carbonyl (C=O) groups is 1. The monoisotopic (exact) mass is 220 g/mol. The molecule has 1 atom stereocenters. The molecule has 16 heavy (non-hydrogen) atoms. The molecule has 0 aliphatic carbocycles. The highest BCUT2D eigenvalue weighted by Crippen LogP contribution is 2.13. The molecule has 0 spiro atoms. The number of ether oxygens (including phenoxy) is 1. The fraction of sp³-hybridized carbons (Fsp3) is 0.500. The SMILES string of the molecule is O=C(NCc1cccnc1)C1CCCOC1. The number of carbonyl (C=O) groups excluding carboxylic acids is 1. The molecule has 1 aliphatic rings. The quantitative estimate of drug-likeness (QED) is 0.830. The Morgan fingerprint density at radius 2 is 2.56 bits per heavy atom. The summed E-state index contributed by atoms with van der Waals surface area (Å²) in [5, 5.41) is 2.91. The number of hydrogen-bond donors (Lipinski definition) is 1. The lowest BCUT2D eigenvalue weighted by atomic mass is 10.0. The van der Waals surface area contributed by atoms with Crippen molar-refractivity contribution in [2.45, 2.75) is 19.4 Å². The second-order valence-corrected chi connectivity index (χ2v) is 3.99. The molecule has 4 nitrogen and oxygen atoms in total. The first kappa shape index (κ1) is 11.1. The van der Waals surface area contributed by atoms with Crippen LogP contribution in [0.1, 0.15) is 18.4 Å². The lowest BCUT2D eigenvalue weighted by Gasteiger charge is -2.21. The van der Waals surface area contributed by atoms with Crippen molar-refractivity contribution in [3.8, 4) is 0 Å². The van der Waals surface area contributed by atoms with Gasteiger partial charge < -0.3 is 10.1 Å². The van der Waals surface area contributed by atoms with E-state index in [-0.39, 0.29) is 11.8 Å². The highest BCUT2D eigenvalue weighted by molar-refractivity contribution is 5.78. The largest absolute Gasteiger partial charge is 0.381 e. The van der Waals surface area contributed by atoms with Gasteiger partial charge in [-0.1, -0.05) is 6.07 Å². The van der Waals surface area contributed by atoms with Crippen molar-refractivity contribution in [1.82, 2.24) is 10.3 Å². The molecule has 1 amide bonds. The molecule has 0 radical (unpaired) electrons. The van der Waals surface area contributed by atoms with Crippen LogP contribution in [0.3, 0.4) is 0 Å². The van der Waals surface area contributed by atoms with Crippen LogP contribution in [0.15, 0.2) is 24.5 Å². The molecule has 1 saturated heterocycles. The third kappa shape index (κ3) is 3.03. The van der Waals surface area contributed by atoms with Crippen molar-refractivity contribution >= 4 is 5.91 Å². The van der Waals surface area contributed by atoms with Crippen molar-refractivity contribution in [3.63, 3.8) is 0 Å². The van der Waals surface area contributed by atoms with Gasteiger partial charge in [-0.05, 0) is 24.5 Å². The summed E-state index contributed by atoms with van der Waals surface area (Å²) < 4.78 is 5.28. The average Bonchev–Trinajstić information content (AvgIpc) is 2.38. The van der Waals surface area contributed by atoms with E-state index >= 15 is 0 Å². The summed E-state index contributed by atoms with van der Waals surface area (Å²) in [6.07, 6.45) is 5.39. The van der Waals surface area contributed by atoms with Crippen molar-refractivity contribution in [2.24, 2.45) is 5.92 Å². The first-order valence-electron chi connectivity index (χ1n) is 5.60. The van der Waals surface area contributed by atoms with Crippen molar-refractivity contribution in [3.05, 3.63) is 30.1 Å². The van der Waals surface area contributed by atoms with E-state index in [0.717, 1.165) is 25.0 Å². The molecule has 1 aromatic heterocycles. The maximum Gasteiger partial charge on any atom is 0.225 e. The summed E-state index contributed by atoms with van der Waals surface area (Å²) in [5.41, 5.74) is 1.02. The summed E-state index contributed by atoms with van der Waals surface area (Å²) in [6.45, 7) is 1.88. The highest BCUT2D eigenvalue weighted by Gasteiger charge is 2.21. The van der Waals surface area contributed by atoms with Crippen LogP contribution in [0.5, 0.6) is 0 Å². The normalized spacial score (nSPS) is 20.4. The average molecular weight is 220 g/mol. The second-order valence-electron chi connectivity index (χ2n) is 3.99. The summed E-state index contributed by atoms with van der Waals surface area (Å²) in [4.78, 5) is 15.8. The zero-order valence-corrected chi connectivity index (χ0v) is 9.19. The Bertz CT molecular complexity index is 334. The van der Waals surface area contributed by atoms with E-state index in [4.69, 9.17) is 4.74 Å². The molecule has 2 heterocycles. The van der Waals surface area contributed by atoms with Gasteiger partial charge in [0, 0.05) is 25.5 Å². The molecule has 1 aliphatic heterocycles. The van der Waals surface area contributed by atoms with Gasteiger partial charge in [-0.25, -0.2) is 0 Å². The van der Waals surface area contributed by atoms with Crippen LogP contribution in [-0.2, 0) is 16.1 Å². The standard InChI is InChI=1S/C12H16N2O2/c15-12(11-4-2-6-16-9-11)14-8-10-3-1-5-13-7-10/h1,3,5,7,11H,2,4,6,8-9H2,(H,14,15). The van der Waals surface area contributed by atoms with E-state index in [1.807, 2.05) is 12.1 Å². The highest BCUT2D eigenvalue weighted by atomic mass is 16.5. The van der Waals surface area contributed by atoms with Gasteiger partial charge in [0.1, 0.15) is 0 Å². The molecule has 0 bridgehead atoms. The smallest absolute Gasteiger partial charge is 0.225 e. The van der Waals surface area contributed by atoms with E-state index in [9.17, 15) is 4.79 Å². The second kappa shape index (κ2) is 5.61. The van der Waals surface area contributed by atoms with Crippen LogP contribution < -0.4 is 5.32 Å².